The van der Waals surface area contributed by atoms with Crippen molar-refractivity contribution in [2.75, 3.05) is 6.66 Å². The lowest BCUT2D eigenvalue weighted by Crippen LogP contribution is -2.37. The summed E-state index contributed by atoms with van der Waals surface area (Å²) < 4.78 is 11.4. The molecule has 0 radical (unpaired) electrons. The maximum atomic E-state index is 11.4. The first-order valence-corrected chi connectivity index (χ1v) is 5.61. The van der Waals surface area contributed by atoms with E-state index in [1.807, 2.05) is 6.07 Å². The number of nitrogens with zero attached hydrogens (tertiary/aromatic N) is 1. The molecule has 1 aliphatic rings. The third kappa shape index (κ3) is 1.58. The molecule has 1 aliphatic heterocycles. The van der Waals surface area contributed by atoms with Crippen LogP contribution in [0.5, 0.6) is 0 Å². The molecule has 0 saturated carbocycles. The Hall–Kier alpha value is -1.05. The highest BCUT2D eigenvalue weighted by molar-refractivity contribution is 7.82. The first kappa shape index (κ1) is 9.04. The smallest absolute Gasteiger partial charge is 0.256 e. The minimum Gasteiger partial charge on any atom is -0.384 e. The Bertz CT molecular complexity index is 355. The van der Waals surface area contributed by atoms with Gasteiger partial charge in [-0.3, -0.25) is 4.57 Å². The van der Waals surface area contributed by atoms with Gasteiger partial charge in [0.15, 0.2) is 0 Å². The molecule has 1 atom stereocenters. The standard InChI is InChI=1S/C5H7N4OPS/c1-11(10)8-4(7)3(2-6)5(12)9-11/h1H3,(H4,7,8,9,10,12). The third-order valence-corrected chi connectivity index (χ3v) is 3.03. The van der Waals surface area contributed by atoms with Gasteiger partial charge in [-0.2, -0.15) is 5.26 Å². The van der Waals surface area contributed by atoms with E-state index in [0.717, 1.165) is 0 Å². The number of rotatable bonds is 0. The maximum Gasteiger partial charge on any atom is 0.256 e. The summed E-state index contributed by atoms with van der Waals surface area (Å²) in [4.78, 5) is 0.139. The van der Waals surface area contributed by atoms with Gasteiger partial charge in [0, 0.05) is 6.66 Å². The van der Waals surface area contributed by atoms with Crippen LogP contribution in [0, 0.1) is 11.3 Å². The van der Waals surface area contributed by atoms with Crippen molar-refractivity contribution >= 4 is 24.6 Å². The van der Waals surface area contributed by atoms with E-state index < -0.39 is 7.44 Å². The molecule has 5 nitrogen and oxygen atoms in total. The van der Waals surface area contributed by atoms with Crippen LogP contribution in [-0.2, 0) is 4.57 Å². The van der Waals surface area contributed by atoms with E-state index in [2.05, 4.69) is 10.2 Å². The van der Waals surface area contributed by atoms with Crippen molar-refractivity contribution in [2.24, 2.45) is 5.73 Å². The minimum atomic E-state index is -2.72. The van der Waals surface area contributed by atoms with Crippen LogP contribution in [0.1, 0.15) is 0 Å². The summed E-state index contributed by atoms with van der Waals surface area (Å²) in [5.41, 5.74) is 5.54. The normalized spacial score (nSPS) is 28.8. The van der Waals surface area contributed by atoms with Crippen LogP contribution in [0.3, 0.4) is 0 Å². The topological polar surface area (TPSA) is 90.9 Å². The molecule has 1 unspecified atom stereocenters. The molecule has 0 amide bonds. The number of hydrogen-bond acceptors (Lipinski definition) is 4. The summed E-state index contributed by atoms with van der Waals surface area (Å²) >= 11 is 4.77. The Morgan fingerprint density at radius 1 is 1.67 bits per heavy atom. The van der Waals surface area contributed by atoms with Crippen LogP contribution in [0.4, 0.5) is 0 Å². The molecule has 0 aromatic rings. The summed E-state index contributed by atoms with van der Waals surface area (Å²) in [6.45, 7) is 1.44. The summed E-state index contributed by atoms with van der Waals surface area (Å²) in [6.07, 6.45) is 0. The van der Waals surface area contributed by atoms with E-state index in [4.69, 9.17) is 23.2 Å². The van der Waals surface area contributed by atoms with Crippen LogP contribution >= 0.6 is 19.7 Å². The lowest BCUT2D eigenvalue weighted by atomic mass is 10.3. The van der Waals surface area contributed by atoms with Crippen molar-refractivity contribution in [3.8, 4) is 6.07 Å². The second-order valence-corrected chi connectivity index (χ2v) is 5.08. The molecule has 0 aliphatic carbocycles. The van der Waals surface area contributed by atoms with Crippen LogP contribution in [0.2, 0.25) is 0 Å². The van der Waals surface area contributed by atoms with Crippen LogP contribution < -0.4 is 15.9 Å². The molecule has 64 valence electrons. The fourth-order valence-corrected chi connectivity index (χ4v) is 2.60. The molecule has 0 aromatic carbocycles. The SMILES string of the molecule is CP1(=O)NC(=S)C(C#N)=C(N)N1. The van der Waals surface area contributed by atoms with Gasteiger partial charge in [0.05, 0.1) is 0 Å². The largest absolute Gasteiger partial charge is 0.384 e. The second-order valence-electron chi connectivity index (χ2n) is 2.38. The molecule has 0 bridgehead atoms. The highest BCUT2D eigenvalue weighted by atomic mass is 32.1. The third-order valence-electron chi connectivity index (χ3n) is 1.26. The van der Waals surface area contributed by atoms with Gasteiger partial charge < -0.3 is 15.9 Å². The Labute approximate surface area is 75.1 Å². The van der Waals surface area contributed by atoms with Gasteiger partial charge in [-0.1, -0.05) is 12.2 Å². The van der Waals surface area contributed by atoms with E-state index in [1.54, 1.807) is 0 Å². The first-order chi connectivity index (χ1) is 5.46. The maximum absolute atomic E-state index is 11.4. The zero-order valence-corrected chi connectivity index (χ0v) is 8.00. The summed E-state index contributed by atoms with van der Waals surface area (Å²) in [6, 6.07) is 1.81. The Kier molecular flexibility index (Phi) is 2.09. The zero-order chi connectivity index (χ0) is 9.35. The number of nitrogens with two attached hydrogens (primary N) is 1. The molecule has 0 spiro atoms. The number of nitrogens with one attached hydrogen (secondary N) is 2. The van der Waals surface area contributed by atoms with E-state index >= 15 is 0 Å². The van der Waals surface area contributed by atoms with Crippen molar-refractivity contribution < 1.29 is 4.57 Å². The van der Waals surface area contributed by atoms with E-state index in [9.17, 15) is 4.57 Å². The molecule has 0 saturated heterocycles. The van der Waals surface area contributed by atoms with E-state index in [-0.39, 0.29) is 16.4 Å². The first-order valence-electron chi connectivity index (χ1n) is 3.04. The monoisotopic (exact) mass is 202 g/mol. The summed E-state index contributed by atoms with van der Waals surface area (Å²) in [5, 5.41) is 13.5. The second kappa shape index (κ2) is 2.77. The van der Waals surface area contributed by atoms with Crippen molar-refractivity contribution in [3.05, 3.63) is 11.4 Å². The van der Waals surface area contributed by atoms with Crippen molar-refractivity contribution in [1.82, 2.24) is 10.2 Å². The molecule has 4 N–H and O–H groups in total. The van der Waals surface area contributed by atoms with E-state index in [0.29, 0.717) is 0 Å². The molecule has 1 heterocycles. The van der Waals surface area contributed by atoms with Gasteiger partial charge in [-0.25, -0.2) is 0 Å². The fourth-order valence-electron chi connectivity index (χ4n) is 0.797. The molecule has 12 heavy (non-hydrogen) atoms. The van der Waals surface area contributed by atoms with Gasteiger partial charge in [-0.15, -0.1) is 0 Å². The average Bonchev–Trinajstić information content (AvgIpc) is 1.82. The molecule has 1 rings (SSSR count). The molecule has 7 heteroatoms. The Morgan fingerprint density at radius 2 is 2.25 bits per heavy atom. The number of hydrogen-bond donors (Lipinski definition) is 3. The van der Waals surface area contributed by atoms with E-state index in [1.165, 1.54) is 6.66 Å². The Morgan fingerprint density at radius 3 is 2.67 bits per heavy atom. The Balaban J connectivity index is 3.14. The predicted molar refractivity (Wildman–Crippen MR) is 49.2 cm³/mol. The number of nitriles is 1. The van der Waals surface area contributed by atoms with Crippen LogP contribution in [0.15, 0.2) is 11.4 Å². The molecule has 0 aromatic heterocycles. The van der Waals surface area contributed by atoms with Gasteiger partial charge in [0.25, 0.3) is 7.44 Å². The highest BCUT2D eigenvalue weighted by Gasteiger charge is 2.26. The zero-order valence-electron chi connectivity index (χ0n) is 6.29. The molecular weight excluding hydrogens is 195 g/mol. The summed E-state index contributed by atoms with van der Waals surface area (Å²) in [5.74, 6) is 0.0760. The van der Waals surface area contributed by atoms with Gasteiger partial charge in [0.2, 0.25) is 0 Å². The van der Waals surface area contributed by atoms with Gasteiger partial charge in [0.1, 0.15) is 22.5 Å². The average molecular weight is 202 g/mol. The van der Waals surface area contributed by atoms with Crippen molar-refractivity contribution in [1.29, 1.82) is 5.26 Å². The fraction of sp³-hybridized carbons (Fsp3) is 0.200. The lowest BCUT2D eigenvalue weighted by Gasteiger charge is -2.24. The summed E-state index contributed by atoms with van der Waals surface area (Å²) in [7, 11) is -2.72. The quantitative estimate of drug-likeness (QED) is 0.379. The van der Waals surface area contributed by atoms with Crippen molar-refractivity contribution in [2.45, 2.75) is 0 Å². The lowest BCUT2D eigenvalue weighted by molar-refractivity contribution is 0.569. The van der Waals surface area contributed by atoms with Crippen LogP contribution in [-0.4, -0.2) is 11.7 Å². The van der Waals surface area contributed by atoms with Crippen molar-refractivity contribution in [3.63, 3.8) is 0 Å². The number of thiocarbonyl (C=S) groups is 1. The van der Waals surface area contributed by atoms with Gasteiger partial charge >= 0.3 is 0 Å². The minimum absolute atomic E-state index is 0.0760. The molecular formula is C5H7N4OPS. The van der Waals surface area contributed by atoms with Crippen LogP contribution in [0.25, 0.3) is 0 Å². The van der Waals surface area contributed by atoms with Gasteiger partial charge in [-0.05, 0) is 0 Å². The predicted octanol–water partition coefficient (Wildman–Crippen LogP) is 0.0234. The highest BCUT2D eigenvalue weighted by Crippen LogP contribution is 2.35. The molecule has 0 fully saturated rings.